The molecule has 4 heteroatoms. The average Bonchev–Trinajstić information content (AvgIpc) is 1.80. The van der Waals surface area contributed by atoms with E-state index in [0.717, 1.165) is 0 Å². The van der Waals surface area contributed by atoms with Gasteiger partial charge < -0.3 is 16.2 Å². The van der Waals surface area contributed by atoms with Gasteiger partial charge in [-0.3, -0.25) is 4.79 Å². The quantitative estimate of drug-likeness (QED) is 0.531. The summed E-state index contributed by atoms with van der Waals surface area (Å²) in [6, 6.07) is -0.530. The predicted octanol–water partition coefficient (Wildman–Crippen LogP) is -0.214. The number of carboxylic acids is 1. The van der Waals surface area contributed by atoms with Crippen LogP contribution < -0.4 is 11.1 Å². The molecule has 0 aromatic rings. The van der Waals surface area contributed by atoms with Gasteiger partial charge in [-0.1, -0.05) is 0 Å². The zero-order valence-corrected chi connectivity index (χ0v) is 7.22. The molecule has 0 aliphatic rings. The van der Waals surface area contributed by atoms with E-state index in [-0.39, 0.29) is 5.54 Å². The first-order valence-electron chi connectivity index (χ1n) is 3.58. The molecule has 66 valence electrons. The van der Waals surface area contributed by atoms with Crippen LogP contribution in [0.15, 0.2) is 0 Å². The topological polar surface area (TPSA) is 75.3 Å². The lowest BCUT2D eigenvalue weighted by Gasteiger charge is -2.20. The van der Waals surface area contributed by atoms with Crippen LogP contribution in [0.1, 0.15) is 20.8 Å². The molecule has 0 rings (SSSR count). The molecule has 4 nitrogen and oxygen atoms in total. The van der Waals surface area contributed by atoms with Gasteiger partial charge in [-0.15, -0.1) is 0 Å². The number of hydrogen-bond donors (Lipinski definition) is 3. The van der Waals surface area contributed by atoms with E-state index in [2.05, 4.69) is 5.32 Å². The summed E-state index contributed by atoms with van der Waals surface area (Å²) >= 11 is 0. The first-order valence-corrected chi connectivity index (χ1v) is 3.58. The van der Waals surface area contributed by atoms with Gasteiger partial charge in [-0.05, 0) is 20.8 Å². The van der Waals surface area contributed by atoms with Crippen molar-refractivity contribution in [3.8, 4) is 0 Å². The van der Waals surface area contributed by atoms with Gasteiger partial charge in [0.2, 0.25) is 0 Å². The molecule has 0 saturated carbocycles. The van der Waals surface area contributed by atoms with Crippen LogP contribution in [0, 0.1) is 0 Å². The van der Waals surface area contributed by atoms with Crippen LogP contribution in [0.25, 0.3) is 0 Å². The van der Waals surface area contributed by atoms with Crippen LogP contribution in [-0.4, -0.2) is 29.2 Å². The molecule has 1 atom stereocenters. The van der Waals surface area contributed by atoms with Gasteiger partial charge >= 0.3 is 5.97 Å². The minimum atomic E-state index is -0.853. The van der Waals surface area contributed by atoms with Crippen molar-refractivity contribution in [1.29, 1.82) is 0 Å². The average molecular weight is 160 g/mol. The molecule has 0 heterocycles. The van der Waals surface area contributed by atoms with Crippen molar-refractivity contribution >= 4 is 5.97 Å². The summed E-state index contributed by atoms with van der Waals surface area (Å²) in [5.41, 5.74) is 5.27. The van der Waals surface area contributed by atoms with Crippen LogP contribution in [0.3, 0.4) is 0 Å². The molecule has 0 saturated heterocycles. The molecule has 0 unspecified atom stereocenters. The van der Waals surface area contributed by atoms with Gasteiger partial charge in [0.15, 0.2) is 0 Å². The summed E-state index contributed by atoms with van der Waals surface area (Å²) in [5.74, 6) is -0.853. The highest BCUT2D eigenvalue weighted by atomic mass is 16.4. The number of nitrogens with one attached hydrogen (secondary N) is 1. The Morgan fingerprint density at radius 2 is 2.18 bits per heavy atom. The van der Waals surface area contributed by atoms with Crippen molar-refractivity contribution in [1.82, 2.24) is 5.32 Å². The normalized spacial score (nSPS) is 14.5. The summed E-state index contributed by atoms with van der Waals surface area (Å²) in [7, 11) is 0. The number of carbonyl (C=O) groups is 1. The van der Waals surface area contributed by atoms with Crippen molar-refractivity contribution in [2.45, 2.75) is 32.4 Å². The molecule has 0 amide bonds. The standard InChI is InChI=1S/C7H16N2O2/c1-5(6(10)11)9-4-7(2,3)8/h5,9H,4,8H2,1-3H3,(H,10,11)/t5-/m0/s1. The molecule has 0 aliphatic heterocycles. The Bertz CT molecular complexity index is 140. The van der Waals surface area contributed by atoms with Crippen molar-refractivity contribution in [3.05, 3.63) is 0 Å². The first-order chi connectivity index (χ1) is 4.83. The lowest BCUT2D eigenvalue weighted by molar-refractivity contribution is -0.139. The molecule has 4 N–H and O–H groups in total. The van der Waals surface area contributed by atoms with Crippen LogP contribution in [-0.2, 0) is 4.79 Å². The van der Waals surface area contributed by atoms with E-state index in [4.69, 9.17) is 10.8 Å². The van der Waals surface area contributed by atoms with E-state index in [0.29, 0.717) is 6.54 Å². The third-order valence-corrected chi connectivity index (χ3v) is 1.23. The largest absolute Gasteiger partial charge is 0.480 e. The fourth-order valence-corrected chi connectivity index (χ4v) is 0.503. The van der Waals surface area contributed by atoms with E-state index < -0.39 is 12.0 Å². The minimum Gasteiger partial charge on any atom is -0.480 e. The van der Waals surface area contributed by atoms with E-state index in [1.54, 1.807) is 6.92 Å². The highest BCUT2D eigenvalue weighted by Gasteiger charge is 2.15. The molecule has 0 bridgehead atoms. The van der Waals surface area contributed by atoms with Gasteiger partial charge in [-0.25, -0.2) is 0 Å². The Balaban J connectivity index is 3.63. The van der Waals surface area contributed by atoms with E-state index >= 15 is 0 Å². The van der Waals surface area contributed by atoms with E-state index in [1.807, 2.05) is 13.8 Å². The minimum absolute atomic E-state index is 0.357. The molecule has 0 aromatic carbocycles. The van der Waals surface area contributed by atoms with Gasteiger partial charge in [-0.2, -0.15) is 0 Å². The maximum atomic E-state index is 10.3. The zero-order valence-electron chi connectivity index (χ0n) is 7.22. The summed E-state index contributed by atoms with van der Waals surface area (Å²) in [6.45, 7) is 5.78. The Labute approximate surface area is 66.8 Å². The Hall–Kier alpha value is -0.610. The SMILES string of the molecule is C[C@H](NCC(C)(C)N)C(=O)O. The number of carboxylic acid groups (broad SMARTS) is 1. The Kier molecular flexibility index (Phi) is 3.48. The summed E-state index contributed by atoms with van der Waals surface area (Å²) in [5, 5.41) is 11.3. The summed E-state index contributed by atoms with van der Waals surface area (Å²) in [6.07, 6.45) is 0. The number of rotatable bonds is 4. The van der Waals surface area contributed by atoms with E-state index in [1.165, 1.54) is 0 Å². The fourth-order valence-electron chi connectivity index (χ4n) is 0.503. The predicted molar refractivity (Wildman–Crippen MR) is 43.4 cm³/mol. The second-order valence-electron chi connectivity index (χ2n) is 3.43. The molecular formula is C7H16N2O2. The lowest BCUT2D eigenvalue weighted by atomic mass is 10.1. The smallest absolute Gasteiger partial charge is 0.320 e. The van der Waals surface area contributed by atoms with Crippen molar-refractivity contribution in [3.63, 3.8) is 0 Å². The van der Waals surface area contributed by atoms with Crippen LogP contribution in [0.4, 0.5) is 0 Å². The molecule has 0 spiro atoms. The maximum absolute atomic E-state index is 10.3. The number of aliphatic carboxylic acids is 1. The second-order valence-corrected chi connectivity index (χ2v) is 3.43. The Morgan fingerprint density at radius 1 is 1.73 bits per heavy atom. The lowest BCUT2D eigenvalue weighted by Crippen LogP contribution is -2.47. The van der Waals surface area contributed by atoms with Gasteiger partial charge in [0.25, 0.3) is 0 Å². The van der Waals surface area contributed by atoms with Crippen LogP contribution in [0.2, 0.25) is 0 Å². The highest BCUT2D eigenvalue weighted by molar-refractivity contribution is 5.72. The number of nitrogens with two attached hydrogens (primary N) is 1. The maximum Gasteiger partial charge on any atom is 0.320 e. The van der Waals surface area contributed by atoms with Gasteiger partial charge in [0.05, 0.1) is 0 Å². The number of hydrogen-bond acceptors (Lipinski definition) is 3. The van der Waals surface area contributed by atoms with Crippen LogP contribution in [0.5, 0.6) is 0 Å². The molecule has 0 fully saturated rings. The third-order valence-electron chi connectivity index (χ3n) is 1.23. The summed E-state index contributed by atoms with van der Waals surface area (Å²) in [4.78, 5) is 10.3. The van der Waals surface area contributed by atoms with E-state index in [9.17, 15) is 4.79 Å². The summed E-state index contributed by atoms with van der Waals surface area (Å²) < 4.78 is 0. The Morgan fingerprint density at radius 3 is 2.45 bits per heavy atom. The van der Waals surface area contributed by atoms with Crippen molar-refractivity contribution < 1.29 is 9.90 Å². The van der Waals surface area contributed by atoms with Gasteiger partial charge in [0, 0.05) is 12.1 Å². The molecule has 0 radical (unpaired) electrons. The highest BCUT2D eigenvalue weighted by Crippen LogP contribution is 1.93. The fraction of sp³-hybridized carbons (Fsp3) is 0.857. The molecule has 11 heavy (non-hydrogen) atoms. The van der Waals surface area contributed by atoms with Gasteiger partial charge in [0.1, 0.15) is 6.04 Å². The molecular weight excluding hydrogens is 144 g/mol. The molecule has 0 aliphatic carbocycles. The zero-order chi connectivity index (χ0) is 9.07. The third kappa shape index (κ3) is 5.82. The van der Waals surface area contributed by atoms with Crippen LogP contribution >= 0.6 is 0 Å². The van der Waals surface area contributed by atoms with Crippen molar-refractivity contribution in [2.24, 2.45) is 5.73 Å². The monoisotopic (exact) mass is 160 g/mol. The second kappa shape index (κ2) is 3.69. The molecule has 0 aromatic heterocycles. The first kappa shape index (κ1) is 10.4. The van der Waals surface area contributed by atoms with Crippen molar-refractivity contribution in [2.75, 3.05) is 6.54 Å².